The Bertz CT molecular complexity index is 937. The van der Waals surface area contributed by atoms with E-state index in [0.29, 0.717) is 14.5 Å². The summed E-state index contributed by atoms with van der Waals surface area (Å²) in [6.07, 6.45) is 13.6. The fourth-order valence-electron chi connectivity index (χ4n) is 3.76. The Morgan fingerprint density at radius 1 is 0.833 bits per heavy atom. The Hall–Kier alpha value is -0.451. The molecule has 0 spiro atoms. The molecule has 0 aromatic carbocycles. The second kappa shape index (κ2) is 12.6. The molecule has 0 amide bonds. The van der Waals surface area contributed by atoms with Gasteiger partial charge < -0.3 is 0 Å². The van der Waals surface area contributed by atoms with Crippen molar-refractivity contribution in [1.29, 1.82) is 0 Å². The number of halogens is 1. The third-order valence-electron chi connectivity index (χ3n) is 5.38. The molecule has 162 valence electrons. The van der Waals surface area contributed by atoms with Crippen molar-refractivity contribution >= 4 is 59.4 Å². The second-order valence-corrected chi connectivity index (χ2v) is 13.6. The van der Waals surface area contributed by atoms with Gasteiger partial charge in [-0.1, -0.05) is 0 Å². The Kier molecular flexibility index (Phi) is 10.1. The van der Waals surface area contributed by atoms with E-state index in [-0.39, 0.29) is 0 Å². The number of carbonyl (C=O) groups is 1. The molecule has 3 heterocycles. The van der Waals surface area contributed by atoms with Gasteiger partial charge in [0.15, 0.2) is 0 Å². The van der Waals surface area contributed by atoms with Crippen LogP contribution in [0, 0.1) is 0 Å². The van der Waals surface area contributed by atoms with Crippen molar-refractivity contribution in [2.45, 2.75) is 78.1 Å². The van der Waals surface area contributed by atoms with E-state index in [0.717, 1.165) is 17.6 Å². The van der Waals surface area contributed by atoms with Crippen LogP contribution in [0.1, 0.15) is 86.0 Å². The van der Waals surface area contributed by atoms with E-state index in [1.54, 1.807) is 11.3 Å². The van der Waals surface area contributed by atoms with Crippen LogP contribution in [0.3, 0.4) is 0 Å². The first-order chi connectivity index (χ1) is 14.7. The fraction of sp³-hybridized carbons (Fsp3) is 0.480. The maximum absolute atomic E-state index is 11.4. The first-order valence-electron chi connectivity index (χ1n) is 11.1. The van der Waals surface area contributed by atoms with Gasteiger partial charge in [0.25, 0.3) is 0 Å². The summed E-state index contributed by atoms with van der Waals surface area (Å²) in [5.41, 5.74) is 2.89. The Morgan fingerprint density at radius 2 is 1.40 bits per heavy atom. The minimum absolute atomic E-state index is 0.311. The molecule has 3 aromatic heterocycles. The van der Waals surface area contributed by atoms with Crippen LogP contribution in [0.25, 0.3) is 18.6 Å². The molecule has 0 aliphatic heterocycles. The zero-order valence-corrected chi connectivity index (χ0v) is 22.9. The molecule has 30 heavy (non-hydrogen) atoms. The number of thiophene rings is 2. The van der Waals surface area contributed by atoms with Crippen LogP contribution in [-0.2, 0) is 12.8 Å². The van der Waals surface area contributed by atoms with E-state index < -0.39 is 0 Å². The first-order valence-corrected chi connectivity index (χ1v) is 15.3. The number of carbonyl (C=O) groups excluding carboxylic acids is 1. The van der Waals surface area contributed by atoms with Gasteiger partial charge in [-0.3, -0.25) is 0 Å². The predicted molar refractivity (Wildman–Crippen MR) is 139 cm³/mol. The third kappa shape index (κ3) is 6.53. The standard InChI is InChI=1S/C25H31BrOS2Se/c1-3-5-7-9-11-18-15-20(17-27)28-24(18)21-13-14-22(30-21)25-19(16-23(26)29-25)12-10-8-6-4-2/h13-17H,3-12H2,1-2H3. The van der Waals surface area contributed by atoms with Crippen LogP contribution in [-0.4, -0.2) is 20.8 Å². The van der Waals surface area contributed by atoms with Crippen molar-refractivity contribution in [2.75, 3.05) is 0 Å². The molecule has 0 aliphatic carbocycles. The van der Waals surface area contributed by atoms with Crippen LogP contribution in [0.4, 0.5) is 0 Å². The molecule has 0 N–H and O–H groups in total. The summed E-state index contributed by atoms with van der Waals surface area (Å²) in [4.78, 5) is 15.1. The summed E-state index contributed by atoms with van der Waals surface area (Å²) in [7, 11) is 0. The van der Waals surface area contributed by atoms with Gasteiger partial charge in [0.2, 0.25) is 0 Å². The average molecular weight is 571 g/mol. The molecular formula is C25H31BrOS2Se. The number of hydrogen-bond acceptors (Lipinski definition) is 3. The molecule has 0 saturated heterocycles. The van der Waals surface area contributed by atoms with Crippen LogP contribution in [0.5, 0.6) is 0 Å². The van der Waals surface area contributed by atoms with E-state index in [1.165, 1.54) is 91.3 Å². The van der Waals surface area contributed by atoms with Crippen molar-refractivity contribution < 1.29 is 4.79 Å². The molecule has 0 radical (unpaired) electrons. The first kappa shape index (κ1) is 24.2. The summed E-state index contributed by atoms with van der Waals surface area (Å²) in [5, 5.41) is 0. The van der Waals surface area contributed by atoms with Gasteiger partial charge in [0.05, 0.1) is 0 Å². The van der Waals surface area contributed by atoms with Gasteiger partial charge in [-0.25, -0.2) is 0 Å². The van der Waals surface area contributed by atoms with Crippen molar-refractivity contribution in [3.63, 3.8) is 0 Å². The van der Waals surface area contributed by atoms with Crippen molar-refractivity contribution in [1.82, 2.24) is 0 Å². The predicted octanol–water partition coefficient (Wildman–Crippen LogP) is 9.02. The van der Waals surface area contributed by atoms with Gasteiger partial charge in [-0.2, -0.15) is 0 Å². The zero-order valence-electron chi connectivity index (χ0n) is 18.0. The number of aldehydes is 1. The molecule has 0 bridgehead atoms. The molecular weight excluding hydrogens is 539 g/mol. The van der Waals surface area contributed by atoms with Crippen molar-refractivity contribution in [3.8, 4) is 18.6 Å². The van der Waals surface area contributed by atoms with Crippen molar-refractivity contribution in [2.24, 2.45) is 0 Å². The van der Waals surface area contributed by atoms with Gasteiger partial charge in [0.1, 0.15) is 0 Å². The van der Waals surface area contributed by atoms with E-state index in [2.05, 4.69) is 54.0 Å². The number of rotatable bonds is 13. The van der Waals surface area contributed by atoms with Gasteiger partial charge in [0, 0.05) is 0 Å². The SMILES string of the molecule is CCCCCCc1cc(Br)sc1-c1ccc(-c2sc(C=O)cc2CCCCCC)[se]1. The summed E-state index contributed by atoms with van der Waals surface area (Å²) >= 11 is 7.60. The summed E-state index contributed by atoms with van der Waals surface area (Å²) in [6, 6.07) is 9.12. The minimum atomic E-state index is 0.311. The van der Waals surface area contributed by atoms with E-state index in [4.69, 9.17) is 0 Å². The normalized spacial score (nSPS) is 11.3. The second-order valence-electron chi connectivity index (χ2n) is 7.81. The molecule has 0 unspecified atom stereocenters. The molecule has 0 saturated carbocycles. The van der Waals surface area contributed by atoms with E-state index in [1.807, 2.05) is 11.3 Å². The van der Waals surface area contributed by atoms with Crippen molar-refractivity contribution in [3.05, 3.63) is 44.1 Å². The van der Waals surface area contributed by atoms with Gasteiger partial charge in [-0.15, -0.1) is 0 Å². The van der Waals surface area contributed by atoms with E-state index in [9.17, 15) is 4.79 Å². The number of hydrogen-bond donors (Lipinski definition) is 0. The number of unbranched alkanes of at least 4 members (excludes halogenated alkanes) is 6. The summed E-state index contributed by atoms with van der Waals surface area (Å²) in [5.74, 6) is 0. The zero-order chi connectivity index (χ0) is 21.3. The van der Waals surface area contributed by atoms with Crippen LogP contribution < -0.4 is 0 Å². The third-order valence-corrected chi connectivity index (χ3v) is 11.2. The average Bonchev–Trinajstić information content (AvgIpc) is 3.46. The summed E-state index contributed by atoms with van der Waals surface area (Å²) in [6.45, 7) is 4.52. The Labute approximate surface area is 203 Å². The van der Waals surface area contributed by atoms with Crippen LogP contribution in [0.2, 0.25) is 0 Å². The van der Waals surface area contributed by atoms with Crippen LogP contribution in [0.15, 0.2) is 28.1 Å². The molecule has 0 fully saturated rings. The quantitative estimate of drug-likeness (QED) is 0.114. The summed E-state index contributed by atoms with van der Waals surface area (Å²) < 4.78 is 4.18. The monoisotopic (exact) mass is 570 g/mol. The molecule has 0 aliphatic rings. The van der Waals surface area contributed by atoms with E-state index >= 15 is 0 Å². The maximum atomic E-state index is 11.4. The molecule has 3 aromatic rings. The molecule has 0 atom stereocenters. The number of aryl methyl sites for hydroxylation is 2. The Balaban J connectivity index is 1.80. The van der Waals surface area contributed by atoms with Gasteiger partial charge in [-0.05, 0) is 0 Å². The fourth-order valence-corrected chi connectivity index (χ4v) is 9.29. The molecule has 1 nitrogen and oxygen atoms in total. The van der Waals surface area contributed by atoms with Gasteiger partial charge >= 0.3 is 205 Å². The van der Waals surface area contributed by atoms with Crippen LogP contribution >= 0.6 is 38.6 Å². The molecule has 3 rings (SSSR count). The molecule has 5 heteroatoms. The topological polar surface area (TPSA) is 17.1 Å². The Morgan fingerprint density at radius 3 is 1.97 bits per heavy atom.